The molecule has 0 fully saturated rings. The van der Waals surface area contributed by atoms with Crippen LogP contribution in [-0.4, -0.2) is 17.7 Å². The summed E-state index contributed by atoms with van der Waals surface area (Å²) in [5, 5.41) is 2.77. The summed E-state index contributed by atoms with van der Waals surface area (Å²) < 4.78 is 0. The zero-order valence-corrected chi connectivity index (χ0v) is 9.49. The van der Waals surface area contributed by atoms with Gasteiger partial charge in [-0.05, 0) is 11.6 Å². The van der Waals surface area contributed by atoms with Crippen LogP contribution < -0.4 is 5.32 Å². The number of ketones is 1. The molecule has 0 bridgehead atoms. The highest BCUT2D eigenvalue weighted by Crippen LogP contribution is 2.18. The van der Waals surface area contributed by atoms with Gasteiger partial charge >= 0.3 is 0 Å². The smallest absolute Gasteiger partial charge is 0.252 e. The zero-order chi connectivity index (χ0) is 11.7. The summed E-state index contributed by atoms with van der Waals surface area (Å²) in [6, 6.07) is 7.08. The number of carbonyl (C=O) groups excluding carboxylic acids is 2. The molecule has 1 N–H and O–H groups in total. The molecule has 0 saturated carbocycles. The lowest BCUT2D eigenvalue weighted by Crippen LogP contribution is -2.47. The number of fused-ring (bicyclic) bond motifs is 1. The molecule has 0 saturated heterocycles. The molecule has 0 aliphatic carbocycles. The average Bonchev–Trinajstić information content (AvgIpc) is 2.28. The predicted molar refractivity (Wildman–Crippen MR) is 61.2 cm³/mol. The van der Waals surface area contributed by atoms with E-state index in [0.29, 0.717) is 12.0 Å². The summed E-state index contributed by atoms with van der Waals surface area (Å²) in [6.07, 6.45) is 0.610. The standard InChI is InChI=1S/C13H15NO2/c1-8(2)12(15)11-7-9-5-3-4-6-10(9)13(16)14-11/h3-6,8,11H,7H2,1-2H3,(H,14,16)/t11-/m1/s1. The van der Waals surface area contributed by atoms with Crippen molar-refractivity contribution in [3.63, 3.8) is 0 Å². The highest BCUT2D eigenvalue weighted by atomic mass is 16.2. The summed E-state index contributed by atoms with van der Waals surface area (Å²) >= 11 is 0. The van der Waals surface area contributed by atoms with Gasteiger partial charge in [0.05, 0.1) is 6.04 Å². The molecule has 1 aliphatic heterocycles. The first-order valence-electron chi connectivity index (χ1n) is 5.52. The van der Waals surface area contributed by atoms with Crippen LogP contribution in [0.1, 0.15) is 29.8 Å². The van der Waals surface area contributed by atoms with Crippen LogP contribution in [-0.2, 0) is 11.2 Å². The van der Waals surface area contributed by atoms with E-state index in [1.807, 2.05) is 32.0 Å². The Morgan fingerprint density at radius 2 is 2.06 bits per heavy atom. The fourth-order valence-corrected chi connectivity index (χ4v) is 2.00. The van der Waals surface area contributed by atoms with E-state index < -0.39 is 0 Å². The molecule has 1 amide bonds. The van der Waals surface area contributed by atoms with Gasteiger partial charge in [0, 0.05) is 17.9 Å². The topological polar surface area (TPSA) is 46.2 Å². The molecule has 16 heavy (non-hydrogen) atoms. The van der Waals surface area contributed by atoms with Crippen LogP contribution in [0, 0.1) is 5.92 Å². The molecule has 1 heterocycles. The number of benzene rings is 1. The molecule has 1 aromatic rings. The van der Waals surface area contributed by atoms with Crippen LogP contribution >= 0.6 is 0 Å². The Labute approximate surface area is 94.9 Å². The van der Waals surface area contributed by atoms with Crippen molar-refractivity contribution in [2.75, 3.05) is 0 Å². The summed E-state index contributed by atoms with van der Waals surface area (Å²) in [5.74, 6) is -0.0840. The van der Waals surface area contributed by atoms with Crippen molar-refractivity contribution in [2.45, 2.75) is 26.3 Å². The maximum Gasteiger partial charge on any atom is 0.252 e. The minimum Gasteiger partial charge on any atom is -0.342 e. The lowest BCUT2D eigenvalue weighted by atomic mass is 9.90. The van der Waals surface area contributed by atoms with Crippen molar-refractivity contribution in [1.82, 2.24) is 5.32 Å². The van der Waals surface area contributed by atoms with Crippen LogP contribution in [0.5, 0.6) is 0 Å². The maximum atomic E-state index is 11.8. The van der Waals surface area contributed by atoms with Crippen LogP contribution in [0.25, 0.3) is 0 Å². The number of nitrogens with one attached hydrogen (secondary N) is 1. The third-order valence-electron chi connectivity index (χ3n) is 2.90. The average molecular weight is 217 g/mol. The molecule has 1 aromatic carbocycles. The van der Waals surface area contributed by atoms with E-state index in [-0.39, 0.29) is 23.7 Å². The Balaban J connectivity index is 2.28. The number of carbonyl (C=O) groups is 2. The van der Waals surface area contributed by atoms with E-state index in [4.69, 9.17) is 0 Å². The minimum absolute atomic E-state index is 0.0458. The Morgan fingerprint density at radius 3 is 2.75 bits per heavy atom. The van der Waals surface area contributed by atoms with Crippen molar-refractivity contribution in [1.29, 1.82) is 0 Å². The van der Waals surface area contributed by atoms with Crippen LogP contribution in [0.3, 0.4) is 0 Å². The Morgan fingerprint density at radius 1 is 1.38 bits per heavy atom. The van der Waals surface area contributed by atoms with Crippen molar-refractivity contribution in [2.24, 2.45) is 5.92 Å². The third kappa shape index (κ3) is 1.85. The fraction of sp³-hybridized carbons (Fsp3) is 0.385. The maximum absolute atomic E-state index is 11.8. The van der Waals surface area contributed by atoms with Crippen molar-refractivity contribution in [3.8, 4) is 0 Å². The molecule has 0 unspecified atom stereocenters. The largest absolute Gasteiger partial charge is 0.342 e. The van der Waals surface area contributed by atoms with Crippen LogP contribution in [0.2, 0.25) is 0 Å². The highest BCUT2D eigenvalue weighted by Gasteiger charge is 2.29. The molecule has 0 spiro atoms. The summed E-state index contributed by atoms with van der Waals surface area (Å²) in [5.41, 5.74) is 1.65. The highest BCUT2D eigenvalue weighted by molar-refractivity contribution is 6.01. The van der Waals surface area contributed by atoms with Gasteiger partial charge in [0.25, 0.3) is 5.91 Å². The SMILES string of the molecule is CC(C)C(=O)[C@H]1Cc2ccccc2C(=O)N1. The van der Waals surface area contributed by atoms with E-state index in [1.165, 1.54) is 0 Å². The molecule has 3 heteroatoms. The molecular weight excluding hydrogens is 202 g/mol. The number of hydrogen-bond donors (Lipinski definition) is 1. The quantitative estimate of drug-likeness (QED) is 0.817. The predicted octanol–water partition coefficient (Wildman–Crippen LogP) is 1.57. The first-order valence-corrected chi connectivity index (χ1v) is 5.52. The monoisotopic (exact) mass is 217 g/mol. The molecule has 1 atom stereocenters. The molecule has 2 rings (SSSR count). The fourth-order valence-electron chi connectivity index (χ4n) is 2.00. The van der Waals surface area contributed by atoms with Crippen molar-refractivity contribution < 1.29 is 9.59 Å². The first kappa shape index (κ1) is 10.9. The summed E-state index contributed by atoms with van der Waals surface area (Å²) in [7, 11) is 0. The van der Waals surface area contributed by atoms with E-state index >= 15 is 0 Å². The number of amides is 1. The Hall–Kier alpha value is -1.64. The molecule has 3 nitrogen and oxygen atoms in total. The van der Waals surface area contributed by atoms with Crippen molar-refractivity contribution in [3.05, 3.63) is 35.4 Å². The van der Waals surface area contributed by atoms with Gasteiger partial charge in [-0.15, -0.1) is 0 Å². The van der Waals surface area contributed by atoms with E-state index in [9.17, 15) is 9.59 Å². The second kappa shape index (κ2) is 4.08. The third-order valence-corrected chi connectivity index (χ3v) is 2.90. The molecule has 1 aliphatic rings. The van der Waals surface area contributed by atoms with Gasteiger partial charge in [-0.1, -0.05) is 32.0 Å². The van der Waals surface area contributed by atoms with Gasteiger partial charge in [-0.2, -0.15) is 0 Å². The van der Waals surface area contributed by atoms with E-state index in [2.05, 4.69) is 5.32 Å². The normalized spacial score (nSPS) is 19.2. The van der Waals surface area contributed by atoms with Gasteiger partial charge in [-0.25, -0.2) is 0 Å². The molecule has 0 aromatic heterocycles. The van der Waals surface area contributed by atoms with Gasteiger partial charge in [0.2, 0.25) is 0 Å². The lowest BCUT2D eigenvalue weighted by molar-refractivity contribution is -0.123. The molecule has 84 valence electrons. The Bertz CT molecular complexity index is 437. The molecular formula is C13H15NO2. The second-order valence-corrected chi connectivity index (χ2v) is 4.44. The van der Waals surface area contributed by atoms with Gasteiger partial charge in [0.15, 0.2) is 5.78 Å². The summed E-state index contributed by atoms with van der Waals surface area (Å²) in [6.45, 7) is 3.71. The number of hydrogen-bond acceptors (Lipinski definition) is 2. The first-order chi connectivity index (χ1) is 7.59. The number of rotatable bonds is 2. The van der Waals surface area contributed by atoms with Crippen molar-refractivity contribution >= 4 is 11.7 Å². The van der Waals surface area contributed by atoms with Gasteiger partial charge in [0.1, 0.15) is 0 Å². The van der Waals surface area contributed by atoms with Crippen LogP contribution in [0.15, 0.2) is 24.3 Å². The minimum atomic E-state index is -0.359. The Kier molecular flexibility index (Phi) is 2.77. The number of Topliss-reactive ketones (excluding diaryl/α,β-unsaturated/α-hetero) is 1. The molecule has 0 radical (unpaired) electrons. The van der Waals surface area contributed by atoms with Crippen LogP contribution in [0.4, 0.5) is 0 Å². The van der Waals surface area contributed by atoms with Gasteiger partial charge in [-0.3, -0.25) is 9.59 Å². The van der Waals surface area contributed by atoms with E-state index in [0.717, 1.165) is 5.56 Å². The second-order valence-electron chi connectivity index (χ2n) is 4.44. The zero-order valence-electron chi connectivity index (χ0n) is 9.49. The van der Waals surface area contributed by atoms with Gasteiger partial charge < -0.3 is 5.32 Å². The summed E-state index contributed by atoms with van der Waals surface area (Å²) in [4.78, 5) is 23.6. The lowest BCUT2D eigenvalue weighted by Gasteiger charge is -2.25. The van der Waals surface area contributed by atoms with E-state index in [1.54, 1.807) is 6.07 Å².